The molecule has 1 aromatic rings. The zero-order valence-electron chi connectivity index (χ0n) is 12.6. The molecule has 0 spiro atoms. The highest BCUT2D eigenvalue weighted by Crippen LogP contribution is 2.30. The number of nitrogens with two attached hydrogens (primary N) is 1. The molecule has 1 aromatic heterocycles. The third kappa shape index (κ3) is 3.26. The van der Waals surface area contributed by atoms with Crippen molar-refractivity contribution in [3.8, 4) is 0 Å². The number of piperidine rings is 1. The Bertz CT molecular complexity index is 648. The second kappa shape index (κ2) is 5.42. The van der Waals surface area contributed by atoms with Gasteiger partial charge in [0.15, 0.2) is 5.69 Å². The minimum Gasteiger partial charge on any atom is -0.337 e. The van der Waals surface area contributed by atoms with Crippen LogP contribution in [0.2, 0.25) is 0 Å². The Balaban J connectivity index is 2.38. The summed E-state index contributed by atoms with van der Waals surface area (Å²) in [5.74, 6) is -0.372. The Kier molecular flexibility index (Phi) is 4.12. The number of amides is 1. The number of H-pyrrole nitrogens is 1. The molecular formula is C13H22N4O3S. The van der Waals surface area contributed by atoms with Gasteiger partial charge in [-0.1, -0.05) is 20.8 Å². The summed E-state index contributed by atoms with van der Waals surface area (Å²) in [5.41, 5.74) is 0.309. The lowest BCUT2D eigenvalue weighted by Crippen LogP contribution is -2.44. The van der Waals surface area contributed by atoms with Gasteiger partial charge >= 0.3 is 0 Å². The first kappa shape index (κ1) is 16.0. The van der Waals surface area contributed by atoms with Crippen LogP contribution < -0.4 is 5.14 Å². The number of carbonyl (C=O) groups excluding carboxylic acids is 1. The predicted molar refractivity (Wildman–Crippen MR) is 78.3 cm³/mol. The van der Waals surface area contributed by atoms with Gasteiger partial charge in [-0.3, -0.25) is 9.89 Å². The van der Waals surface area contributed by atoms with Gasteiger partial charge in [0.05, 0.1) is 5.69 Å². The molecule has 118 valence electrons. The van der Waals surface area contributed by atoms with Crippen molar-refractivity contribution in [2.45, 2.75) is 44.9 Å². The standard InChI is InChI=1S/C13H22N4O3S/c1-4-9-11(21(14,19)20)10(16-15-9)12(18)17-7-5-6-13(2,3)8-17/h4-8H2,1-3H3,(H,15,16)(H2,14,19,20). The minimum absolute atomic E-state index is 0.0273. The van der Waals surface area contributed by atoms with Gasteiger partial charge in [-0.05, 0) is 24.7 Å². The number of aromatic amines is 1. The molecule has 0 unspecified atom stereocenters. The second-order valence-corrected chi connectivity index (χ2v) is 7.77. The topological polar surface area (TPSA) is 109 Å². The van der Waals surface area contributed by atoms with Crippen LogP contribution in [0.15, 0.2) is 4.90 Å². The van der Waals surface area contributed by atoms with Crippen LogP contribution in [-0.2, 0) is 16.4 Å². The molecule has 1 fully saturated rings. The third-order valence-electron chi connectivity index (χ3n) is 3.82. The highest BCUT2D eigenvalue weighted by Gasteiger charge is 2.34. The Morgan fingerprint density at radius 1 is 1.48 bits per heavy atom. The molecule has 2 heterocycles. The number of nitrogens with zero attached hydrogens (tertiary/aromatic N) is 2. The van der Waals surface area contributed by atoms with Gasteiger partial charge in [-0.15, -0.1) is 0 Å². The zero-order chi connectivity index (χ0) is 15.8. The molecule has 0 saturated carbocycles. The Morgan fingerprint density at radius 2 is 2.14 bits per heavy atom. The normalized spacial score (nSPS) is 18.8. The molecule has 3 N–H and O–H groups in total. The second-order valence-electron chi connectivity index (χ2n) is 6.27. The van der Waals surface area contributed by atoms with E-state index >= 15 is 0 Å². The van der Waals surface area contributed by atoms with Crippen molar-refractivity contribution in [1.29, 1.82) is 0 Å². The van der Waals surface area contributed by atoms with E-state index in [1.54, 1.807) is 11.8 Å². The molecule has 21 heavy (non-hydrogen) atoms. The van der Waals surface area contributed by atoms with E-state index < -0.39 is 10.0 Å². The van der Waals surface area contributed by atoms with Gasteiger partial charge in [-0.2, -0.15) is 5.10 Å². The highest BCUT2D eigenvalue weighted by atomic mass is 32.2. The highest BCUT2D eigenvalue weighted by molar-refractivity contribution is 7.89. The maximum Gasteiger partial charge on any atom is 0.275 e. The number of likely N-dealkylation sites (tertiary alicyclic amines) is 1. The molecule has 1 amide bonds. The monoisotopic (exact) mass is 314 g/mol. The molecule has 1 aliphatic rings. The summed E-state index contributed by atoms with van der Waals surface area (Å²) in [5, 5.41) is 11.8. The fourth-order valence-electron chi connectivity index (χ4n) is 2.81. The predicted octanol–water partition coefficient (Wildman–Crippen LogP) is 0.882. The van der Waals surface area contributed by atoms with Gasteiger partial charge in [0.25, 0.3) is 5.91 Å². The Morgan fingerprint density at radius 3 is 2.67 bits per heavy atom. The van der Waals surface area contributed by atoms with Gasteiger partial charge < -0.3 is 4.90 Å². The van der Waals surface area contributed by atoms with Crippen LogP contribution in [0.3, 0.4) is 0 Å². The fraction of sp³-hybridized carbons (Fsp3) is 0.692. The summed E-state index contributed by atoms with van der Waals surface area (Å²) in [6.45, 7) is 7.16. The molecule has 0 bridgehead atoms. The van der Waals surface area contributed by atoms with Crippen molar-refractivity contribution >= 4 is 15.9 Å². The van der Waals surface area contributed by atoms with Crippen molar-refractivity contribution in [1.82, 2.24) is 15.1 Å². The van der Waals surface area contributed by atoms with E-state index in [9.17, 15) is 13.2 Å². The molecule has 8 heteroatoms. The SMILES string of the molecule is CCc1[nH]nc(C(=O)N2CCCC(C)(C)C2)c1S(N)(=O)=O. The smallest absolute Gasteiger partial charge is 0.275 e. The van der Waals surface area contributed by atoms with Crippen molar-refractivity contribution < 1.29 is 13.2 Å². The van der Waals surface area contributed by atoms with Gasteiger partial charge in [-0.25, -0.2) is 13.6 Å². The number of aryl methyl sites for hydroxylation is 1. The molecule has 0 aromatic carbocycles. The van der Waals surface area contributed by atoms with E-state index in [1.807, 2.05) is 0 Å². The number of sulfonamides is 1. The minimum atomic E-state index is -3.99. The third-order valence-corrected chi connectivity index (χ3v) is 4.83. The van der Waals surface area contributed by atoms with E-state index in [-0.39, 0.29) is 21.9 Å². The van der Waals surface area contributed by atoms with Crippen LogP contribution in [0.25, 0.3) is 0 Å². The van der Waals surface area contributed by atoms with Crippen LogP contribution in [0.1, 0.15) is 49.8 Å². The molecular weight excluding hydrogens is 292 g/mol. The molecule has 0 aliphatic carbocycles. The first-order chi connectivity index (χ1) is 9.65. The van der Waals surface area contributed by atoms with Crippen molar-refractivity contribution in [2.24, 2.45) is 10.6 Å². The van der Waals surface area contributed by atoms with Crippen molar-refractivity contribution in [3.05, 3.63) is 11.4 Å². The molecule has 1 saturated heterocycles. The van der Waals surface area contributed by atoms with E-state index in [0.717, 1.165) is 12.8 Å². The zero-order valence-corrected chi connectivity index (χ0v) is 13.5. The van der Waals surface area contributed by atoms with E-state index in [2.05, 4.69) is 24.0 Å². The van der Waals surface area contributed by atoms with Crippen LogP contribution in [0.4, 0.5) is 0 Å². The van der Waals surface area contributed by atoms with Crippen LogP contribution >= 0.6 is 0 Å². The number of nitrogens with one attached hydrogen (secondary N) is 1. The molecule has 2 rings (SSSR count). The lowest BCUT2D eigenvalue weighted by molar-refractivity contribution is 0.0574. The lowest BCUT2D eigenvalue weighted by Gasteiger charge is -2.37. The van der Waals surface area contributed by atoms with Crippen LogP contribution in [-0.4, -0.2) is 42.5 Å². The van der Waals surface area contributed by atoms with Crippen molar-refractivity contribution in [2.75, 3.05) is 13.1 Å². The largest absolute Gasteiger partial charge is 0.337 e. The average Bonchev–Trinajstić information content (AvgIpc) is 2.80. The van der Waals surface area contributed by atoms with E-state index in [1.165, 1.54) is 0 Å². The molecule has 0 atom stereocenters. The first-order valence-corrected chi connectivity index (χ1v) is 8.59. The number of primary sulfonamides is 1. The number of hydrogen-bond donors (Lipinski definition) is 2. The Labute approximate surface area is 124 Å². The molecule has 0 radical (unpaired) electrons. The summed E-state index contributed by atoms with van der Waals surface area (Å²) >= 11 is 0. The molecule has 1 aliphatic heterocycles. The van der Waals surface area contributed by atoms with Gasteiger partial charge in [0.1, 0.15) is 4.90 Å². The van der Waals surface area contributed by atoms with Gasteiger partial charge in [0.2, 0.25) is 10.0 Å². The van der Waals surface area contributed by atoms with E-state index in [4.69, 9.17) is 5.14 Å². The fourth-order valence-corrected chi connectivity index (χ4v) is 3.74. The number of carbonyl (C=O) groups is 1. The van der Waals surface area contributed by atoms with Gasteiger partial charge in [0, 0.05) is 13.1 Å². The van der Waals surface area contributed by atoms with Crippen molar-refractivity contribution in [3.63, 3.8) is 0 Å². The number of hydrogen-bond acceptors (Lipinski definition) is 4. The average molecular weight is 314 g/mol. The maximum atomic E-state index is 12.6. The quantitative estimate of drug-likeness (QED) is 0.863. The maximum absolute atomic E-state index is 12.6. The molecule has 7 nitrogen and oxygen atoms in total. The Hall–Kier alpha value is -1.41. The first-order valence-electron chi connectivity index (χ1n) is 7.05. The summed E-state index contributed by atoms with van der Waals surface area (Å²) < 4.78 is 23.5. The summed E-state index contributed by atoms with van der Waals surface area (Å²) in [7, 11) is -3.99. The number of aromatic nitrogens is 2. The van der Waals surface area contributed by atoms with Crippen LogP contribution in [0, 0.1) is 5.41 Å². The summed E-state index contributed by atoms with van der Waals surface area (Å²) in [6, 6.07) is 0. The summed E-state index contributed by atoms with van der Waals surface area (Å²) in [4.78, 5) is 14.1. The number of rotatable bonds is 3. The lowest BCUT2D eigenvalue weighted by atomic mass is 9.84. The van der Waals surface area contributed by atoms with E-state index in [0.29, 0.717) is 25.2 Å². The van der Waals surface area contributed by atoms with Crippen LogP contribution in [0.5, 0.6) is 0 Å². The summed E-state index contributed by atoms with van der Waals surface area (Å²) in [6.07, 6.45) is 2.35.